The number of ether oxygens (including phenoxy) is 1. The molecule has 1 aromatic rings. The molecule has 72 valence electrons. The van der Waals surface area contributed by atoms with Crippen LogP contribution in [-0.4, -0.2) is 11.3 Å². The van der Waals surface area contributed by atoms with Gasteiger partial charge in [-0.05, 0) is 28.7 Å². The average molecular weight is 323 g/mol. The minimum atomic E-state index is -4.70. The van der Waals surface area contributed by atoms with Gasteiger partial charge in [0.1, 0.15) is 10.9 Å². The molecule has 7 heteroatoms. The lowest BCUT2D eigenvalue weighted by Gasteiger charge is -2.08. The zero-order valence-corrected chi connectivity index (χ0v) is 8.81. The Hall–Kier alpha value is -0.240. The fourth-order valence-electron chi connectivity index (χ4n) is 0.593. The van der Waals surface area contributed by atoms with Crippen LogP contribution in [0.4, 0.5) is 13.2 Å². The third-order valence-corrected chi connectivity index (χ3v) is 2.45. The first-order chi connectivity index (χ1) is 5.88. The normalized spacial score (nSPS) is 11.5. The van der Waals surface area contributed by atoms with Crippen molar-refractivity contribution in [3.8, 4) is 5.75 Å². The first-order valence-corrected chi connectivity index (χ1v) is 4.41. The molecular weight excluding hydrogens is 321 g/mol. The lowest BCUT2D eigenvalue weighted by molar-refractivity contribution is -0.274. The van der Waals surface area contributed by atoms with E-state index in [1.807, 2.05) is 0 Å². The Balaban J connectivity index is 2.86. The summed E-state index contributed by atoms with van der Waals surface area (Å²) in [5, 5.41) is 0.148. The molecule has 0 amide bonds. The smallest absolute Gasteiger partial charge is 0.404 e. The molecule has 0 radical (unpaired) electrons. The molecule has 0 spiro atoms. The highest BCUT2D eigenvalue weighted by atomic mass is 127. The number of pyridine rings is 1. The summed E-state index contributed by atoms with van der Waals surface area (Å²) >= 11 is 7.26. The zero-order chi connectivity index (χ0) is 10.1. The van der Waals surface area contributed by atoms with Gasteiger partial charge in [-0.15, -0.1) is 13.2 Å². The van der Waals surface area contributed by atoms with Gasteiger partial charge in [-0.1, -0.05) is 11.6 Å². The van der Waals surface area contributed by atoms with E-state index in [0.717, 1.165) is 12.3 Å². The van der Waals surface area contributed by atoms with Crippen molar-refractivity contribution in [3.05, 3.63) is 21.0 Å². The first kappa shape index (κ1) is 10.8. The molecule has 13 heavy (non-hydrogen) atoms. The van der Waals surface area contributed by atoms with Gasteiger partial charge in [-0.3, -0.25) is 0 Å². The van der Waals surface area contributed by atoms with Gasteiger partial charge in [-0.25, -0.2) is 4.98 Å². The Bertz CT molecular complexity index is 317. The largest absolute Gasteiger partial charge is 0.573 e. The second-order valence-electron chi connectivity index (χ2n) is 1.99. The van der Waals surface area contributed by atoms with Crippen LogP contribution in [0.15, 0.2) is 12.3 Å². The number of alkyl halides is 3. The summed E-state index contributed by atoms with van der Waals surface area (Å²) < 4.78 is 39.1. The highest BCUT2D eigenvalue weighted by Gasteiger charge is 2.31. The van der Waals surface area contributed by atoms with Crippen molar-refractivity contribution in [2.45, 2.75) is 6.36 Å². The van der Waals surface area contributed by atoms with E-state index in [1.54, 1.807) is 22.6 Å². The van der Waals surface area contributed by atoms with Gasteiger partial charge in [-0.2, -0.15) is 0 Å². The van der Waals surface area contributed by atoms with Crippen molar-refractivity contribution < 1.29 is 17.9 Å². The number of hydrogen-bond donors (Lipinski definition) is 0. The van der Waals surface area contributed by atoms with E-state index in [-0.39, 0.29) is 10.9 Å². The quantitative estimate of drug-likeness (QED) is 0.585. The molecule has 1 heterocycles. The van der Waals surface area contributed by atoms with Crippen LogP contribution in [0.25, 0.3) is 0 Å². The van der Waals surface area contributed by atoms with E-state index in [1.165, 1.54) is 0 Å². The van der Waals surface area contributed by atoms with E-state index >= 15 is 0 Å². The van der Waals surface area contributed by atoms with Gasteiger partial charge >= 0.3 is 6.36 Å². The van der Waals surface area contributed by atoms with E-state index in [0.29, 0.717) is 3.57 Å². The van der Waals surface area contributed by atoms with E-state index in [9.17, 15) is 13.2 Å². The minimum absolute atomic E-state index is 0.148. The standard InChI is InChI=1S/C6H2ClF3INO/c7-5-4(11)1-3(2-12-5)13-6(8,9)10/h1-2H. The fraction of sp³-hybridized carbons (Fsp3) is 0.167. The highest BCUT2D eigenvalue weighted by Crippen LogP contribution is 2.25. The molecule has 0 aromatic carbocycles. The number of aromatic nitrogens is 1. The molecule has 0 aliphatic rings. The van der Waals surface area contributed by atoms with Crippen LogP contribution in [0.1, 0.15) is 0 Å². The maximum atomic E-state index is 11.7. The second kappa shape index (κ2) is 3.87. The van der Waals surface area contributed by atoms with Crippen LogP contribution >= 0.6 is 34.2 Å². The molecule has 1 aromatic heterocycles. The minimum Gasteiger partial charge on any atom is -0.404 e. The number of hydrogen-bond acceptors (Lipinski definition) is 2. The van der Waals surface area contributed by atoms with Crippen LogP contribution < -0.4 is 4.74 Å². The predicted octanol–water partition coefficient (Wildman–Crippen LogP) is 3.24. The van der Waals surface area contributed by atoms with Crippen molar-refractivity contribution in [1.29, 1.82) is 0 Å². The zero-order valence-electron chi connectivity index (χ0n) is 5.90. The molecule has 2 nitrogen and oxygen atoms in total. The van der Waals surface area contributed by atoms with Gasteiger partial charge < -0.3 is 4.74 Å². The Morgan fingerprint density at radius 3 is 2.54 bits per heavy atom. The molecule has 0 atom stereocenters. The van der Waals surface area contributed by atoms with Crippen LogP contribution in [0.2, 0.25) is 5.15 Å². The average Bonchev–Trinajstić information content (AvgIpc) is 1.94. The molecule has 0 saturated carbocycles. The Labute approximate surface area is 90.2 Å². The summed E-state index contributed by atoms with van der Waals surface area (Å²) in [6, 6.07) is 1.16. The topological polar surface area (TPSA) is 22.1 Å². The van der Waals surface area contributed by atoms with Crippen LogP contribution in [-0.2, 0) is 0 Å². The van der Waals surface area contributed by atoms with Crippen LogP contribution in [0.5, 0.6) is 5.75 Å². The van der Waals surface area contributed by atoms with Gasteiger partial charge in [0, 0.05) is 0 Å². The monoisotopic (exact) mass is 323 g/mol. The van der Waals surface area contributed by atoms with Crippen LogP contribution in [0, 0.1) is 3.57 Å². The van der Waals surface area contributed by atoms with E-state index in [2.05, 4.69) is 9.72 Å². The molecule has 1 rings (SSSR count). The molecule has 0 aliphatic carbocycles. The molecule has 0 fully saturated rings. The van der Waals surface area contributed by atoms with Gasteiger partial charge in [0.05, 0.1) is 9.77 Å². The van der Waals surface area contributed by atoms with Crippen molar-refractivity contribution >= 4 is 34.2 Å². The van der Waals surface area contributed by atoms with Gasteiger partial charge in [0.25, 0.3) is 0 Å². The van der Waals surface area contributed by atoms with Gasteiger partial charge in [0.15, 0.2) is 0 Å². The highest BCUT2D eigenvalue weighted by molar-refractivity contribution is 14.1. The number of nitrogens with zero attached hydrogens (tertiary/aromatic N) is 1. The summed E-state index contributed by atoms with van der Waals surface area (Å²) in [5.74, 6) is -0.374. The first-order valence-electron chi connectivity index (χ1n) is 2.95. The van der Waals surface area contributed by atoms with Crippen molar-refractivity contribution in [2.75, 3.05) is 0 Å². The SMILES string of the molecule is FC(F)(F)Oc1cnc(Cl)c(I)c1. The van der Waals surface area contributed by atoms with Gasteiger partial charge in [0.2, 0.25) is 0 Å². The summed E-state index contributed by atoms with van der Waals surface area (Å²) in [5.41, 5.74) is 0. The Morgan fingerprint density at radius 1 is 1.46 bits per heavy atom. The van der Waals surface area contributed by atoms with Crippen molar-refractivity contribution in [1.82, 2.24) is 4.98 Å². The molecule has 0 aliphatic heterocycles. The van der Waals surface area contributed by atoms with Crippen molar-refractivity contribution in [2.24, 2.45) is 0 Å². The molecule has 0 bridgehead atoms. The lowest BCUT2D eigenvalue weighted by atomic mass is 10.5. The van der Waals surface area contributed by atoms with E-state index < -0.39 is 6.36 Å². The summed E-state index contributed by atoms with van der Waals surface area (Å²) in [6.07, 6.45) is -3.78. The van der Waals surface area contributed by atoms with Crippen LogP contribution in [0.3, 0.4) is 0 Å². The Kier molecular flexibility index (Phi) is 3.23. The second-order valence-corrected chi connectivity index (χ2v) is 3.51. The summed E-state index contributed by atoms with van der Waals surface area (Å²) in [7, 11) is 0. The maximum Gasteiger partial charge on any atom is 0.573 e. The third-order valence-electron chi connectivity index (χ3n) is 1.00. The lowest BCUT2D eigenvalue weighted by Crippen LogP contribution is -2.17. The molecule has 0 unspecified atom stereocenters. The number of halogens is 5. The Morgan fingerprint density at radius 2 is 2.08 bits per heavy atom. The third kappa shape index (κ3) is 3.55. The predicted molar refractivity (Wildman–Crippen MR) is 48.6 cm³/mol. The molecule has 0 saturated heterocycles. The number of rotatable bonds is 1. The fourth-order valence-corrected chi connectivity index (χ4v) is 1.14. The molecule has 0 N–H and O–H groups in total. The van der Waals surface area contributed by atoms with E-state index in [4.69, 9.17) is 11.6 Å². The molecular formula is C6H2ClF3INO. The maximum absolute atomic E-state index is 11.7. The van der Waals surface area contributed by atoms with Crippen molar-refractivity contribution in [3.63, 3.8) is 0 Å². The summed E-state index contributed by atoms with van der Waals surface area (Å²) in [6.45, 7) is 0. The summed E-state index contributed by atoms with van der Waals surface area (Å²) in [4.78, 5) is 3.50.